The number of carbonyl (C=O) groups excluding carboxylic acids is 1. The van der Waals surface area contributed by atoms with E-state index in [0.717, 1.165) is 16.9 Å². The summed E-state index contributed by atoms with van der Waals surface area (Å²) in [5, 5.41) is 2.85. The Bertz CT molecular complexity index is 552. The molecule has 1 aromatic carbocycles. The molecule has 1 heterocycles. The minimum Gasteiger partial charge on any atom is -0.399 e. The van der Waals surface area contributed by atoms with Gasteiger partial charge in [-0.1, -0.05) is 6.07 Å². The molecule has 92 valence electrons. The lowest BCUT2D eigenvalue weighted by Crippen LogP contribution is -2.15. The molecule has 0 aliphatic rings. The van der Waals surface area contributed by atoms with E-state index in [2.05, 4.69) is 10.3 Å². The van der Waals surface area contributed by atoms with Gasteiger partial charge >= 0.3 is 0 Å². The number of hydrogen-bond donors (Lipinski definition) is 2. The highest BCUT2D eigenvalue weighted by atomic mass is 16.1. The van der Waals surface area contributed by atoms with Gasteiger partial charge in [0.1, 0.15) is 0 Å². The average Bonchev–Trinajstić information content (AvgIpc) is 2.34. The Morgan fingerprint density at radius 2 is 2.17 bits per heavy atom. The minimum absolute atomic E-state index is 0.0819. The molecule has 0 fully saturated rings. The van der Waals surface area contributed by atoms with E-state index in [1.807, 2.05) is 31.2 Å². The molecule has 2 rings (SSSR count). The van der Waals surface area contributed by atoms with E-state index in [-0.39, 0.29) is 12.3 Å². The van der Waals surface area contributed by atoms with Crippen molar-refractivity contribution in [1.29, 1.82) is 0 Å². The van der Waals surface area contributed by atoms with Crippen LogP contribution >= 0.6 is 0 Å². The van der Waals surface area contributed by atoms with Crippen molar-refractivity contribution in [3.8, 4) is 0 Å². The Balaban J connectivity index is 2.03. The van der Waals surface area contributed by atoms with Crippen LogP contribution in [0.3, 0.4) is 0 Å². The first kappa shape index (κ1) is 12.1. The predicted molar refractivity (Wildman–Crippen MR) is 72.2 cm³/mol. The van der Waals surface area contributed by atoms with E-state index < -0.39 is 0 Å². The minimum atomic E-state index is -0.0819. The zero-order chi connectivity index (χ0) is 13.0. The summed E-state index contributed by atoms with van der Waals surface area (Å²) in [5.74, 6) is -0.0819. The van der Waals surface area contributed by atoms with Crippen LogP contribution in [0.25, 0.3) is 0 Å². The van der Waals surface area contributed by atoms with E-state index in [9.17, 15) is 4.79 Å². The predicted octanol–water partition coefficient (Wildman–Crippen LogP) is 2.15. The molecule has 1 aromatic heterocycles. The van der Waals surface area contributed by atoms with Crippen LogP contribution in [0.1, 0.15) is 11.3 Å². The van der Waals surface area contributed by atoms with Crippen molar-refractivity contribution in [3.05, 3.63) is 53.9 Å². The number of anilines is 2. The maximum Gasteiger partial charge on any atom is 0.230 e. The second-order valence-electron chi connectivity index (χ2n) is 4.12. The lowest BCUT2D eigenvalue weighted by atomic mass is 10.1. The molecular weight excluding hydrogens is 226 g/mol. The Morgan fingerprint density at radius 1 is 1.33 bits per heavy atom. The van der Waals surface area contributed by atoms with Gasteiger partial charge < -0.3 is 11.1 Å². The molecule has 2 aromatic rings. The molecule has 0 saturated heterocycles. The summed E-state index contributed by atoms with van der Waals surface area (Å²) >= 11 is 0. The van der Waals surface area contributed by atoms with Gasteiger partial charge in [0.05, 0.1) is 6.42 Å². The molecule has 0 radical (unpaired) electrons. The van der Waals surface area contributed by atoms with Gasteiger partial charge in [0.25, 0.3) is 0 Å². The number of rotatable bonds is 3. The summed E-state index contributed by atoms with van der Waals surface area (Å²) < 4.78 is 0. The fourth-order valence-corrected chi connectivity index (χ4v) is 1.69. The van der Waals surface area contributed by atoms with Gasteiger partial charge in [-0.05, 0) is 42.8 Å². The molecular formula is C14H15N3O. The first-order valence-electron chi connectivity index (χ1n) is 5.71. The molecule has 1 amide bonds. The van der Waals surface area contributed by atoms with Gasteiger partial charge in [-0.3, -0.25) is 9.78 Å². The second kappa shape index (κ2) is 5.31. The normalized spacial score (nSPS) is 10.1. The third-order valence-corrected chi connectivity index (χ3v) is 2.59. The van der Waals surface area contributed by atoms with Crippen molar-refractivity contribution in [1.82, 2.24) is 4.98 Å². The summed E-state index contributed by atoms with van der Waals surface area (Å²) in [7, 11) is 0. The zero-order valence-electron chi connectivity index (χ0n) is 10.2. The molecule has 0 aliphatic carbocycles. The average molecular weight is 241 g/mol. The van der Waals surface area contributed by atoms with Crippen molar-refractivity contribution in [2.75, 3.05) is 11.1 Å². The summed E-state index contributed by atoms with van der Waals surface area (Å²) in [4.78, 5) is 16.0. The number of amides is 1. The molecule has 0 saturated carbocycles. The first-order chi connectivity index (χ1) is 8.65. The monoisotopic (exact) mass is 241 g/mol. The van der Waals surface area contributed by atoms with Gasteiger partial charge in [0, 0.05) is 23.3 Å². The van der Waals surface area contributed by atoms with Crippen LogP contribution in [0, 0.1) is 6.92 Å². The lowest BCUT2D eigenvalue weighted by Gasteiger charge is -2.08. The number of hydrogen-bond acceptors (Lipinski definition) is 3. The molecule has 4 heteroatoms. The van der Waals surface area contributed by atoms with Crippen molar-refractivity contribution < 1.29 is 4.79 Å². The maximum absolute atomic E-state index is 11.8. The Morgan fingerprint density at radius 3 is 2.83 bits per heavy atom. The van der Waals surface area contributed by atoms with E-state index in [1.165, 1.54) is 0 Å². The van der Waals surface area contributed by atoms with Crippen LogP contribution in [-0.2, 0) is 11.2 Å². The highest BCUT2D eigenvalue weighted by Crippen LogP contribution is 2.17. The van der Waals surface area contributed by atoms with Crippen molar-refractivity contribution in [3.63, 3.8) is 0 Å². The van der Waals surface area contributed by atoms with Gasteiger partial charge in [-0.2, -0.15) is 0 Å². The van der Waals surface area contributed by atoms with Crippen LogP contribution in [0.2, 0.25) is 0 Å². The lowest BCUT2D eigenvalue weighted by molar-refractivity contribution is -0.115. The topological polar surface area (TPSA) is 68.0 Å². The summed E-state index contributed by atoms with van der Waals surface area (Å²) in [6.45, 7) is 1.91. The number of benzene rings is 1. The van der Waals surface area contributed by atoms with Crippen LogP contribution in [0.5, 0.6) is 0 Å². The highest BCUT2D eigenvalue weighted by molar-refractivity contribution is 5.92. The molecule has 0 atom stereocenters. The van der Waals surface area contributed by atoms with Crippen molar-refractivity contribution >= 4 is 17.3 Å². The van der Waals surface area contributed by atoms with E-state index >= 15 is 0 Å². The summed E-state index contributed by atoms with van der Waals surface area (Å²) in [6.07, 6.45) is 1.95. The first-order valence-corrected chi connectivity index (χ1v) is 5.71. The highest BCUT2D eigenvalue weighted by Gasteiger charge is 2.06. The Kier molecular flexibility index (Phi) is 3.57. The Labute approximate surface area is 106 Å². The second-order valence-corrected chi connectivity index (χ2v) is 4.12. The molecule has 4 nitrogen and oxygen atoms in total. The van der Waals surface area contributed by atoms with E-state index in [0.29, 0.717) is 5.69 Å². The van der Waals surface area contributed by atoms with Crippen LogP contribution in [0.15, 0.2) is 42.6 Å². The smallest absolute Gasteiger partial charge is 0.230 e. The molecule has 0 aliphatic heterocycles. The number of nitrogens with one attached hydrogen (secondary N) is 1. The maximum atomic E-state index is 11.8. The third kappa shape index (κ3) is 3.07. The zero-order valence-corrected chi connectivity index (χ0v) is 10.2. The fourth-order valence-electron chi connectivity index (χ4n) is 1.69. The number of nitrogens with two attached hydrogens (primary N) is 1. The van der Waals surface area contributed by atoms with E-state index in [4.69, 9.17) is 5.73 Å². The van der Waals surface area contributed by atoms with Gasteiger partial charge in [0.15, 0.2) is 0 Å². The Hall–Kier alpha value is -2.36. The number of aromatic nitrogens is 1. The largest absolute Gasteiger partial charge is 0.399 e. The van der Waals surface area contributed by atoms with Crippen LogP contribution < -0.4 is 11.1 Å². The van der Waals surface area contributed by atoms with Gasteiger partial charge in [-0.25, -0.2) is 0 Å². The number of aryl methyl sites for hydroxylation is 1. The number of nitrogens with zero attached hydrogens (tertiary/aromatic N) is 1. The number of carbonyl (C=O) groups is 1. The third-order valence-electron chi connectivity index (χ3n) is 2.59. The van der Waals surface area contributed by atoms with Gasteiger partial charge in [-0.15, -0.1) is 0 Å². The van der Waals surface area contributed by atoms with Crippen molar-refractivity contribution in [2.45, 2.75) is 13.3 Å². The summed E-state index contributed by atoms with van der Waals surface area (Å²) in [6, 6.07) is 10.9. The quantitative estimate of drug-likeness (QED) is 0.809. The van der Waals surface area contributed by atoms with Gasteiger partial charge in [0.2, 0.25) is 5.91 Å². The van der Waals surface area contributed by atoms with Crippen LogP contribution in [-0.4, -0.2) is 10.9 Å². The summed E-state index contributed by atoms with van der Waals surface area (Å²) in [5.41, 5.74) is 8.83. The molecule has 0 bridgehead atoms. The molecule has 0 spiro atoms. The molecule has 3 N–H and O–H groups in total. The fraction of sp³-hybridized carbons (Fsp3) is 0.143. The molecule has 18 heavy (non-hydrogen) atoms. The standard InChI is InChI=1S/C14H15N3O/c1-10-8-11(15)5-6-13(10)17-14(18)9-12-4-2-3-7-16-12/h2-8H,9,15H2,1H3,(H,17,18). The van der Waals surface area contributed by atoms with Crippen LogP contribution in [0.4, 0.5) is 11.4 Å². The number of pyridine rings is 1. The SMILES string of the molecule is Cc1cc(N)ccc1NC(=O)Cc1ccccn1. The van der Waals surface area contributed by atoms with Crippen molar-refractivity contribution in [2.24, 2.45) is 0 Å². The molecule has 0 unspecified atom stereocenters. The van der Waals surface area contributed by atoms with E-state index in [1.54, 1.807) is 18.3 Å². The number of nitrogen functional groups attached to an aromatic ring is 1.